The van der Waals surface area contributed by atoms with Gasteiger partial charge in [-0.15, -0.1) is 0 Å². The van der Waals surface area contributed by atoms with Gasteiger partial charge in [0.1, 0.15) is 23.2 Å². The Hall–Kier alpha value is -3.11. The average Bonchev–Trinajstić information content (AvgIpc) is 3.80. The maximum absolute atomic E-state index is 14.7. The van der Waals surface area contributed by atoms with Crippen LogP contribution in [0.3, 0.4) is 0 Å². The molecule has 2 atom stereocenters. The molecule has 3 aromatic rings. The van der Waals surface area contributed by atoms with Gasteiger partial charge in [0.2, 0.25) is 0 Å². The van der Waals surface area contributed by atoms with Crippen LogP contribution in [0.1, 0.15) is 30.5 Å². The van der Waals surface area contributed by atoms with E-state index in [9.17, 15) is 9.18 Å². The predicted molar refractivity (Wildman–Crippen MR) is 145 cm³/mol. The topological polar surface area (TPSA) is 82.2 Å². The number of carbonyl (C=O) groups is 1. The number of methoxy groups -OCH3 is 1. The van der Waals surface area contributed by atoms with Gasteiger partial charge in [-0.2, -0.15) is 0 Å². The summed E-state index contributed by atoms with van der Waals surface area (Å²) in [5.41, 5.74) is 1.92. The van der Waals surface area contributed by atoms with Crippen molar-refractivity contribution in [3.05, 3.63) is 71.7 Å². The Morgan fingerprint density at radius 2 is 1.97 bits per heavy atom. The molecule has 1 saturated heterocycles. The number of morpholine rings is 1. The number of nitrogens with one attached hydrogen (secondary N) is 1. The molecule has 0 spiro atoms. The van der Waals surface area contributed by atoms with E-state index in [1.807, 2.05) is 41.3 Å². The number of hydrogen-bond donors (Lipinski definition) is 1. The normalized spacial score (nSPS) is 19.2. The van der Waals surface area contributed by atoms with Gasteiger partial charge in [-0.3, -0.25) is 4.79 Å². The zero-order valence-corrected chi connectivity index (χ0v) is 22.3. The highest BCUT2D eigenvalue weighted by atomic mass is 19.1. The Bertz CT molecular complexity index is 1240. The summed E-state index contributed by atoms with van der Waals surface area (Å²) in [6, 6.07) is 16.7. The quantitative estimate of drug-likeness (QED) is 0.332. The first-order valence-electron chi connectivity index (χ1n) is 13.6. The van der Waals surface area contributed by atoms with E-state index in [4.69, 9.17) is 18.9 Å². The van der Waals surface area contributed by atoms with Crippen molar-refractivity contribution < 1.29 is 28.1 Å². The molecule has 1 amide bonds. The molecule has 1 aliphatic heterocycles. The molecule has 0 bridgehead atoms. The highest BCUT2D eigenvalue weighted by Crippen LogP contribution is 2.32. The molecular weight excluding hydrogens is 501 g/mol. The fourth-order valence-electron chi connectivity index (χ4n) is 4.78. The Morgan fingerprint density at radius 3 is 2.77 bits per heavy atom. The summed E-state index contributed by atoms with van der Waals surface area (Å²) in [7, 11) is 1.64. The first kappa shape index (κ1) is 27.5. The third-order valence-corrected chi connectivity index (χ3v) is 6.91. The molecule has 5 rings (SSSR count). The molecule has 2 aliphatic rings. The molecule has 9 heteroatoms. The summed E-state index contributed by atoms with van der Waals surface area (Å²) in [5.74, 6) is 0.0503. The number of aromatic nitrogens is 1. The van der Waals surface area contributed by atoms with Crippen molar-refractivity contribution in [1.29, 1.82) is 0 Å². The molecule has 2 fully saturated rings. The molecule has 1 saturated carbocycles. The number of carbonyl (C=O) groups excluding carboxylic acids is 1. The largest absolute Gasteiger partial charge is 0.493 e. The van der Waals surface area contributed by atoms with Crippen LogP contribution in [-0.2, 0) is 32.2 Å². The Balaban J connectivity index is 1.26. The van der Waals surface area contributed by atoms with Crippen LogP contribution in [0.25, 0.3) is 10.9 Å². The lowest BCUT2D eigenvalue weighted by Gasteiger charge is -2.33. The van der Waals surface area contributed by atoms with Crippen molar-refractivity contribution >= 4 is 16.8 Å². The van der Waals surface area contributed by atoms with Crippen LogP contribution in [-0.4, -0.2) is 74.1 Å². The number of fused-ring (bicyclic) bond motifs is 1. The number of pyridine rings is 1. The molecule has 2 unspecified atom stereocenters. The van der Waals surface area contributed by atoms with Gasteiger partial charge in [0.15, 0.2) is 0 Å². The van der Waals surface area contributed by atoms with Gasteiger partial charge in [0.25, 0.3) is 5.91 Å². The van der Waals surface area contributed by atoms with Crippen molar-refractivity contribution in [2.24, 2.45) is 0 Å². The number of ether oxygens (including phenoxy) is 4. The molecule has 1 aromatic heterocycles. The van der Waals surface area contributed by atoms with Crippen molar-refractivity contribution in [3.8, 4) is 5.75 Å². The van der Waals surface area contributed by atoms with E-state index in [1.54, 1.807) is 19.2 Å². The highest BCUT2D eigenvalue weighted by molar-refractivity contribution is 5.86. The van der Waals surface area contributed by atoms with Gasteiger partial charge in [-0.1, -0.05) is 36.4 Å². The minimum absolute atomic E-state index is 0.0873. The van der Waals surface area contributed by atoms with Crippen molar-refractivity contribution in [2.45, 2.75) is 50.7 Å². The number of hydrogen-bond acceptors (Lipinski definition) is 7. The standard InChI is InChI=1S/C30H36FN3O5/c1-36-13-6-14-38-27-15-22(33-29-25(27)9-5-10-26(29)31)18-34(23-11-12-23)30(35)28-17-32-16-24(39-28)20-37-19-21-7-3-2-4-8-21/h2-5,7-10,15,23-24,28,32H,6,11-14,16-20H2,1H3. The van der Waals surface area contributed by atoms with E-state index in [1.165, 1.54) is 6.07 Å². The molecular formula is C30H36FN3O5. The molecule has 2 heterocycles. The van der Waals surface area contributed by atoms with Crippen LogP contribution < -0.4 is 10.1 Å². The molecule has 8 nitrogen and oxygen atoms in total. The van der Waals surface area contributed by atoms with Crippen molar-refractivity contribution in [1.82, 2.24) is 15.2 Å². The lowest BCUT2D eigenvalue weighted by atomic mass is 10.1. The summed E-state index contributed by atoms with van der Waals surface area (Å²) in [4.78, 5) is 20.1. The van der Waals surface area contributed by atoms with Crippen LogP contribution >= 0.6 is 0 Å². The fraction of sp³-hybridized carbons (Fsp3) is 0.467. The van der Waals surface area contributed by atoms with Gasteiger partial charge in [-0.25, -0.2) is 9.37 Å². The zero-order chi connectivity index (χ0) is 27.0. The molecule has 1 N–H and O–H groups in total. The third-order valence-electron chi connectivity index (χ3n) is 6.91. The van der Waals surface area contributed by atoms with Crippen LogP contribution in [0.4, 0.5) is 4.39 Å². The number of rotatable bonds is 13. The summed E-state index contributed by atoms with van der Waals surface area (Å²) >= 11 is 0. The van der Waals surface area contributed by atoms with E-state index >= 15 is 0 Å². The number of nitrogens with zero attached hydrogens (tertiary/aromatic N) is 2. The van der Waals surface area contributed by atoms with Crippen LogP contribution in [0.5, 0.6) is 5.75 Å². The SMILES string of the molecule is COCCCOc1cc(CN(C(=O)C2CNCC(COCc3ccccc3)O2)C2CC2)nc2c(F)cccc12. The molecule has 0 radical (unpaired) electrons. The number of halogens is 1. The Morgan fingerprint density at radius 1 is 1.13 bits per heavy atom. The van der Waals surface area contributed by atoms with Crippen LogP contribution in [0, 0.1) is 5.82 Å². The summed E-state index contributed by atoms with van der Waals surface area (Å²) in [6.07, 6.45) is 1.72. The van der Waals surface area contributed by atoms with Crippen molar-refractivity contribution in [3.63, 3.8) is 0 Å². The molecule has 39 heavy (non-hydrogen) atoms. The van der Waals surface area contributed by atoms with Gasteiger partial charge in [0, 0.05) is 50.7 Å². The second kappa shape index (κ2) is 13.3. The van der Waals surface area contributed by atoms with Crippen LogP contribution in [0.2, 0.25) is 0 Å². The van der Waals surface area contributed by atoms with E-state index < -0.39 is 11.9 Å². The first-order chi connectivity index (χ1) is 19.1. The second-order valence-corrected chi connectivity index (χ2v) is 10.0. The maximum Gasteiger partial charge on any atom is 0.253 e. The summed E-state index contributed by atoms with van der Waals surface area (Å²) < 4.78 is 37.9. The Labute approximate surface area is 228 Å². The first-order valence-corrected chi connectivity index (χ1v) is 13.6. The molecule has 1 aliphatic carbocycles. The summed E-state index contributed by atoms with van der Waals surface area (Å²) in [6.45, 7) is 3.21. The monoisotopic (exact) mass is 537 g/mol. The fourth-order valence-corrected chi connectivity index (χ4v) is 4.78. The van der Waals surface area contributed by atoms with E-state index in [0.717, 1.165) is 18.4 Å². The minimum atomic E-state index is -0.619. The number of benzene rings is 2. The van der Waals surface area contributed by atoms with Gasteiger partial charge in [0.05, 0.1) is 38.2 Å². The Kier molecular flexibility index (Phi) is 9.36. The van der Waals surface area contributed by atoms with E-state index in [-0.39, 0.29) is 30.1 Å². The predicted octanol–water partition coefficient (Wildman–Crippen LogP) is 3.85. The lowest BCUT2D eigenvalue weighted by Crippen LogP contribution is -2.54. The lowest BCUT2D eigenvalue weighted by molar-refractivity contribution is -0.155. The zero-order valence-electron chi connectivity index (χ0n) is 22.3. The smallest absolute Gasteiger partial charge is 0.253 e. The third kappa shape index (κ3) is 7.30. The molecule has 2 aromatic carbocycles. The van der Waals surface area contributed by atoms with E-state index in [0.29, 0.717) is 62.8 Å². The van der Waals surface area contributed by atoms with E-state index in [2.05, 4.69) is 10.3 Å². The molecule has 208 valence electrons. The van der Waals surface area contributed by atoms with Crippen molar-refractivity contribution in [2.75, 3.05) is 40.0 Å². The van der Waals surface area contributed by atoms with Gasteiger partial charge < -0.3 is 29.2 Å². The second-order valence-electron chi connectivity index (χ2n) is 10.0. The maximum atomic E-state index is 14.7. The average molecular weight is 538 g/mol. The number of amides is 1. The van der Waals surface area contributed by atoms with Gasteiger partial charge in [-0.05, 0) is 30.5 Å². The number of para-hydroxylation sites is 1. The highest BCUT2D eigenvalue weighted by Gasteiger charge is 2.38. The van der Waals surface area contributed by atoms with Gasteiger partial charge >= 0.3 is 0 Å². The minimum Gasteiger partial charge on any atom is -0.493 e. The van der Waals surface area contributed by atoms with Crippen LogP contribution in [0.15, 0.2) is 54.6 Å². The summed E-state index contributed by atoms with van der Waals surface area (Å²) in [5, 5.41) is 3.93.